The van der Waals surface area contributed by atoms with E-state index in [0.717, 1.165) is 6.08 Å². The Morgan fingerprint density at radius 2 is 1.95 bits per heavy atom. The van der Waals surface area contributed by atoms with E-state index in [1.807, 2.05) is 7.05 Å². The standard InChI is InChI=1S/C7H11N3O.C3H4F2.C3H5N3/c1-2-3-7(11)4-10-6-8-5-9-10;4-2-1-3-5;1-6-3-4-2-5-6/h2,5-7,11H,1,3-4H2;1-2H,3H2;2-3H,1H3/b;2-1+;. The third-order valence-corrected chi connectivity index (χ3v) is 2.02. The second-order valence-electron chi connectivity index (χ2n) is 3.88. The van der Waals surface area contributed by atoms with E-state index in [9.17, 15) is 13.9 Å². The first kappa shape index (κ1) is 19.6. The molecule has 0 aromatic carbocycles. The van der Waals surface area contributed by atoms with Crippen molar-refractivity contribution in [3.63, 3.8) is 0 Å². The van der Waals surface area contributed by atoms with Gasteiger partial charge in [0.2, 0.25) is 0 Å². The van der Waals surface area contributed by atoms with Crippen LogP contribution < -0.4 is 0 Å². The SMILES string of the molecule is C=CCC(O)Cn1cncn1.Cn1cncn1.F/C=C/CF. The van der Waals surface area contributed by atoms with Crippen LogP contribution in [-0.4, -0.2) is 47.4 Å². The molecule has 2 heterocycles. The number of nitrogens with zero attached hydrogens (tertiary/aromatic N) is 6. The molecule has 0 fully saturated rings. The first-order valence-electron chi connectivity index (χ1n) is 6.35. The number of halogens is 2. The molecule has 122 valence electrons. The van der Waals surface area contributed by atoms with Crippen molar-refractivity contribution in [2.24, 2.45) is 7.05 Å². The Morgan fingerprint density at radius 1 is 1.27 bits per heavy atom. The summed E-state index contributed by atoms with van der Waals surface area (Å²) in [5.74, 6) is 0. The average Bonchev–Trinajstić information content (AvgIpc) is 3.15. The van der Waals surface area contributed by atoms with E-state index in [2.05, 4.69) is 26.7 Å². The van der Waals surface area contributed by atoms with E-state index in [0.29, 0.717) is 13.0 Å². The van der Waals surface area contributed by atoms with Gasteiger partial charge in [-0.05, 0) is 12.5 Å². The van der Waals surface area contributed by atoms with Crippen LogP contribution in [-0.2, 0) is 13.6 Å². The number of hydrogen-bond donors (Lipinski definition) is 1. The zero-order valence-electron chi connectivity index (χ0n) is 12.3. The number of aliphatic hydroxyl groups is 1. The van der Waals surface area contributed by atoms with Crippen LogP contribution in [0, 0.1) is 0 Å². The number of allylic oxidation sites excluding steroid dienone is 1. The van der Waals surface area contributed by atoms with Crippen LogP contribution in [0.2, 0.25) is 0 Å². The molecular formula is C13H20F2N6O. The third-order valence-electron chi connectivity index (χ3n) is 2.02. The number of aromatic nitrogens is 6. The smallest absolute Gasteiger partial charge is 0.137 e. The van der Waals surface area contributed by atoms with Crippen molar-refractivity contribution in [1.82, 2.24) is 29.5 Å². The fourth-order valence-electron chi connectivity index (χ4n) is 1.11. The van der Waals surface area contributed by atoms with Gasteiger partial charge < -0.3 is 5.11 Å². The number of alkyl halides is 1. The summed E-state index contributed by atoms with van der Waals surface area (Å²) in [6.45, 7) is 3.29. The number of aliphatic hydroxyl groups excluding tert-OH is 1. The van der Waals surface area contributed by atoms with E-state index in [1.54, 1.807) is 28.1 Å². The largest absolute Gasteiger partial charge is 0.391 e. The highest BCUT2D eigenvalue weighted by molar-refractivity contribution is 4.72. The third kappa shape index (κ3) is 11.4. The first-order valence-corrected chi connectivity index (χ1v) is 6.35. The summed E-state index contributed by atoms with van der Waals surface area (Å²) in [4.78, 5) is 7.42. The van der Waals surface area contributed by atoms with Crippen LogP contribution in [0.4, 0.5) is 8.78 Å². The Morgan fingerprint density at radius 3 is 2.27 bits per heavy atom. The van der Waals surface area contributed by atoms with Crippen LogP contribution >= 0.6 is 0 Å². The lowest BCUT2D eigenvalue weighted by molar-refractivity contribution is 0.152. The van der Waals surface area contributed by atoms with Gasteiger partial charge in [0.1, 0.15) is 32.0 Å². The first-order chi connectivity index (χ1) is 10.6. The van der Waals surface area contributed by atoms with Crippen molar-refractivity contribution in [3.8, 4) is 0 Å². The molecule has 2 aromatic rings. The Kier molecular flexibility index (Phi) is 12.1. The highest BCUT2D eigenvalue weighted by atomic mass is 19.1. The summed E-state index contributed by atoms with van der Waals surface area (Å²) >= 11 is 0. The highest BCUT2D eigenvalue weighted by Crippen LogP contribution is 1.94. The fourth-order valence-corrected chi connectivity index (χ4v) is 1.11. The number of rotatable bonds is 5. The molecule has 2 rings (SSSR count). The molecule has 0 aliphatic heterocycles. The van der Waals surface area contributed by atoms with Gasteiger partial charge in [0.05, 0.1) is 19.0 Å². The molecule has 1 N–H and O–H groups in total. The van der Waals surface area contributed by atoms with Crippen LogP contribution in [0.25, 0.3) is 0 Å². The van der Waals surface area contributed by atoms with Crippen molar-refractivity contribution in [2.75, 3.05) is 6.67 Å². The van der Waals surface area contributed by atoms with Crippen molar-refractivity contribution in [2.45, 2.75) is 19.1 Å². The Balaban J connectivity index is 0.000000338. The summed E-state index contributed by atoms with van der Waals surface area (Å²) in [6, 6.07) is 0. The molecule has 2 aromatic heterocycles. The molecule has 0 bridgehead atoms. The summed E-state index contributed by atoms with van der Waals surface area (Å²) in [6.07, 6.45) is 8.99. The van der Waals surface area contributed by atoms with Gasteiger partial charge in [-0.25, -0.2) is 18.7 Å². The quantitative estimate of drug-likeness (QED) is 0.845. The van der Waals surface area contributed by atoms with Gasteiger partial charge in [-0.3, -0.25) is 9.36 Å². The highest BCUT2D eigenvalue weighted by Gasteiger charge is 2.01. The molecule has 7 nitrogen and oxygen atoms in total. The molecule has 1 atom stereocenters. The maximum Gasteiger partial charge on any atom is 0.137 e. The van der Waals surface area contributed by atoms with Gasteiger partial charge in [-0.2, -0.15) is 10.2 Å². The van der Waals surface area contributed by atoms with E-state index < -0.39 is 12.8 Å². The van der Waals surface area contributed by atoms with Gasteiger partial charge in [0, 0.05) is 7.05 Å². The predicted octanol–water partition coefficient (Wildman–Crippen LogP) is 1.47. The molecule has 0 spiro atoms. The molecule has 9 heteroatoms. The molecule has 0 saturated carbocycles. The molecule has 1 unspecified atom stereocenters. The lowest BCUT2D eigenvalue weighted by Crippen LogP contribution is -2.15. The summed E-state index contributed by atoms with van der Waals surface area (Å²) < 4.78 is 24.5. The zero-order chi connectivity index (χ0) is 16.6. The van der Waals surface area contributed by atoms with Gasteiger partial charge in [-0.1, -0.05) is 6.08 Å². The van der Waals surface area contributed by atoms with Crippen molar-refractivity contribution < 1.29 is 13.9 Å². The minimum absolute atomic E-state index is 0.181. The predicted molar refractivity (Wildman–Crippen MR) is 78.1 cm³/mol. The molecular weight excluding hydrogens is 294 g/mol. The van der Waals surface area contributed by atoms with Crippen molar-refractivity contribution >= 4 is 0 Å². The lowest BCUT2D eigenvalue weighted by Gasteiger charge is -2.05. The molecule has 0 saturated heterocycles. The monoisotopic (exact) mass is 314 g/mol. The van der Waals surface area contributed by atoms with E-state index in [1.165, 1.54) is 12.7 Å². The molecule has 22 heavy (non-hydrogen) atoms. The van der Waals surface area contributed by atoms with Crippen LogP contribution in [0.5, 0.6) is 0 Å². The van der Waals surface area contributed by atoms with Crippen LogP contribution in [0.15, 0.2) is 50.4 Å². The lowest BCUT2D eigenvalue weighted by atomic mass is 10.2. The van der Waals surface area contributed by atoms with Gasteiger partial charge in [0.15, 0.2) is 0 Å². The van der Waals surface area contributed by atoms with E-state index >= 15 is 0 Å². The fraction of sp³-hybridized carbons (Fsp3) is 0.385. The Hall–Kier alpha value is -2.42. The minimum Gasteiger partial charge on any atom is -0.391 e. The Labute approximate surface area is 127 Å². The maximum absolute atomic E-state index is 10.7. The average molecular weight is 314 g/mol. The Bertz CT molecular complexity index is 487. The molecule has 0 aliphatic carbocycles. The normalized spacial score (nSPS) is 11.1. The van der Waals surface area contributed by atoms with E-state index in [4.69, 9.17) is 0 Å². The van der Waals surface area contributed by atoms with Gasteiger partial charge >= 0.3 is 0 Å². The summed E-state index contributed by atoms with van der Waals surface area (Å²) in [7, 11) is 1.83. The molecule has 0 amide bonds. The second kappa shape index (κ2) is 13.6. The van der Waals surface area contributed by atoms with E-state index in [-0.39, 0.29) is 6.33 Å². The summed E-state index contributed by atoms with van der Waals surface area (Å²) in [5, 5.41) is 16.8. The number of hydrogen-bond acceptors (Lipinski definition) is 5. The second-order valence-corrected chi connectivity index (χ2v) is 3.88. The van der Waals surface area contributed by atoms with Crippen LogP contribution in [0.3, 0.4) is 0 Å². The van der Waals surface area contributed by atoms with Crippen LogP contribution in [0.1, 0.15) is 6.42 Å². The van der Waals surface area contributed by atoms with Gasteiger partial charge in [0.25, 0.3) is 0 Å². The molecule has 0 radical (unpaired) electrons. The minimum atomic E-state index is -0.712. The zero-order valence-corrected chi connectivity index (χ0v) is 12.3. The number of aryl methyl sites for hydroxylation is 1. The molecule has 0 aliphatic rings. The topological polar surface area (TPSA) is 81.6 Å². The maximum atomic E-state index is 10.7. The summed E-state index contributed by atoms with van der Waals surface area (Å²) in [5.41, 5.74) is 0. The van der Waals surface area contributed by atoms with Crippen molar-refractivity contribution in [3.05, 3.63) is 50.4 Å². The van der Waals surface area contributed by atoms with Gasteiger partial charge in [-0.15, -0.1) is 6.58 Å². The van der Waals surface area contributed by atoms with Crippen molar-refractivity contribution in [1.29, 1.82) is 0 Å².